The highest BCUT2D eigenvalue weighted by Crippen LogP contribution is 2.33. The summed E-state index contributed by atoms with van der Waals surface area (Å²) in [5, 5.41) is 4.42. The van der Waals surface area contributed by atoms with E-state index in [9.17, 15) is 0 Å². The summed E-state index contributed by atoms with van der Waals surface area (Å²) in [6.07, 6.45) is 3.80. The lowest BCUT2D eigenvalue weighted by Gasteiger charge is -2.40. The molecule has 4 unspecified atom stereocenters. The van der Waals surface area contributed by atoms with Gasteiger partial charge in [0.2, 0.25) is 0 Å². The maximum atomic E-state index is 6.39. The molecule has 1 aliphatic carbocycles. The fourth-order valence-corrected chi connectivity index (χ4v) is 3.57. The Labute approximate surface area is 134 Å². The minimum Gasteiger partial charge on any atom is -0.488 e. The summed E-state index contributed by atoms with van der Waals surface area (Å²) < 4.78 is 6.39. The van der Waals surface area contributed by atoms with Crippen LogP contribution in [-0.2, 0) is 0 Å². The van der Waals surface area contributed by atoms with E-state index >= 15 is 0 Å². The maximum absolute atomic E-state index is 6.39. The number of halogens is 1. The van der Waals surface area contributed by atoms with Gasteiger partial charge in [-0.3, -0.25) is 0 Å². The summed E-state index contributed by atoms with van der Waals surface area (Å²) >= 11 is 6.12. The summed E-state index contributed by atoms with van der Waals surface area (Å²) in [5.41, 5.74) is 1.15. The van der Waals surface area contributed by atoms with Gasteiger partial charge in [0, 0.05) is 11.1 Å². The lowest BCUT2D eigenvalue weighted by molar-refractivity contribution is 0.0472. The van der Waals surface area contributed by atoms with Crippen molar-refractivity contribution in [3.05, 3.63) is 28.8 Å². The Bertz CT molecular complexity index is 463. The number of hydrogen-bond donors (Lipinski definition) is 1. The molecule has 0 amide bonds. The van der Waals surface area contributed by atoms with E-state index in [1.807, 2.05) is 18.2 Å². The summed E-state index contributed by atoms with van der Waals surface area (Å²) in [4.78, 5) is 0. The first-order chi connectivity index (χ1) is 10.0. The molecule has 1 saturated carbocycles. The molecule has 1 fully saturated rings. The van der Waals surface area contributed by atoms with Crippen LogP contribution < -0.4 is 10.1 Å². The van der Waals surface area contributed by atoms with Gasteiger partial charge < -0.3 is 10.1 Å². The maximum Gasteiger partial charge on any atom is 0.124 e. The predicted molar refractivity (Wildman–Crippen MR) is 90.2 cm³/mol. The topological polar surface area (TPSA) is 21.3 Å². The Hall–Kier alpha value is -0.730. The molecule has 0 spiro atoms. The van der Waals surface area contributed by atoms with E-state index in [0.29, 0.717) is 12.0 Å². The molecule has 0 aliphatic heterocycles. The highest BCUT2D eigenvalue weighted by atomic mass is 35.5. The van der Waals surface area contributed by atoms with Gasteiger partial charge in [0.05, 0.1) is 0 Å². The van der Waals surface area contributed by atoms with E-state index in [2.05, 4.69) is 33.0 Å². The monoisotopic (exact) mass is 309 g/mol. The fourth-order valence-electron chi connectivity index (χ4n) is 3.40. The number of rotatable bonds is 5. The highest BCUT2D eigenvalue weighted by molar-refractivity contribution is 6.30. The van der Waals surface area contributed by atoms with Crippen LogP contribution in [0.1, 0.15) is 45.6 Å². The highest BCUT2D eigenvalue weighted by Gasteiger charge is 2.35. The standard InChI is InChI=1S/C18H28ClNO/c1-5-8-20-16-10-12(2)9-14(4)18(16)21-17-11-15(19)7-6-13(17)3/h6-7,11-12,14,16,18,20H,5,8-10H2,1-4H3. The summed E-state index contributed by atoms with van der Waals surface area (Å²) in [7, 11) is 0. The molecular weight excluding hydrogens is 282 g/mol. The zero-order valence-electron chi connectivity index (χ0n) is 13.7. The summed E-state index contributed by atoms with van der Waals surface area (Å²) in [6.45, 7) is 9.99. The third kappa shape index (κ3) is 4.37. The Kier molecular flexibility index (Phi) is 5.95. The predicted octanol–water partition coefficient (Wildman–Crippen LogP) is 4.83. The molecule has 2 rings (SSSR count). The number of ether oxygens (including phenoxy) is 1. The third-order valence-electron chi connectivity index (χ3n) is 4.46. The first-order valence-corrected chi connectivity index (χ1v) is 8.55. The Balaban J connectivity index is 2.14. The van der Waals surface area contributed by atoms with Gasteiger partial charge in [0.15, 0.2) is 0 Å². The molecule has 2 nitrogen and oxygen atoms in total. The second-order valence-electron chi connectivity index (χ2n) is 6.61. The number of nitrogens with one attached hydrogen (secondary N) is 1. The van der Waals surface area contributed by atoms with Crippen molar-refractivity contribution in [2.75, 3.05) is 6.54 Å². The fraction of sp³-hybridized carbons (Fsp3) is 0.667. The third-order valence-corrected chi connectivity index (χ3v) is 4.69. The van der Waals surface area contributed by atoms with Crippen molar-refractivity contribution < 1.29 is 4.74 Å². The SMILES string of the molecule is CCCNC1CC(C)CC(C)C1Oc1cc(Cl)ccc1C. The van der Waals surface area contributed by atoms with Gasteiger partial charge in [-0.05, 0) is 62.3 Å². The number of hydrogen-bond acceptors (Lipinski definition) is 2. The van der Waals surface area contributed by atoms with Gasteiger partial charge in [-0.15, -0.1) is 0 Å². The van der Waals surface area contributed by atoms with Crippen LogP contribution in [0.25, 0.3) is 0 Å². The molecule has 118 valence electrons. The quantitative estimate of drug-likeness (QED) is 0.841. The number of benzene rings is 1. The van der Waals surface area contributed by atoms with Crippen LogP contribution in [0, 0.1) is 18.8 Å². The minimum atomic E-state index is 0.227. The molecule has 0 saturated heterocycles. The van der Waals surface area contributed by atoms with Gasteiger partial charge in [0.25, 0.3) is 0 Å². The molecule has 1 N–H and O–H groups in total. The van der Waals surface area contributed by atoms with E-state index in [1.165, 1.54) is 12.8 Å². The van der Waals surface area contributed by atoms with Crippen LogP contribution in [0.5, 0.6) is 5.75 Å². The smallest absolute Gasteiger partial charge is 0.124 e. The summed E-state index contributed by atoms with van der Waals surface area (Å²) in [6, 6.07) is 6.33. The van der Waals surface area contributed by atoms with Crippen LogP contribution >= 0.6 is 11.6 Å². The molecule has 1 aromatic carbocycles. The van der Waals surface area contributed by atoms with Crippen molar-refractivity contribution in [1.82, 2.24) is 5.32 Å². The minimum absolute atomic E-state index is 0.227. The first kappa shape index (κ1) is 16.6. The van der Waals surface area contributed by atoms with E-state index in [4.69, 9.17) is 16.3 Å². The van der Waals surface area contributed by atoms with Crippen LogP contribution in [0.4, 0.5) is 0 Å². The van der Waals surface area contributed by atoms with Crippen molar-refractivity contribution >= 4 is 11.6 Å². The largest absolute Gasteiger partial charge is 0.488 e. The van der Waals surface area contributed by atoms with Crippen LogP contribution in [0.2, 0.25) is 5.02 Å². The zero-order chi connectivity index (χ0) is 15.4. The molecule has 0 aromatic heterocycles. The van der Waals surface area contributed by atoms with Crippen molar-refractivity contribution in [3.63, 3.8) is 0 Å². The molecule has 4 atom stereocenters. The first-order valence-electron chi connectivity index (χ1n) is 8.17. The molecule has 3 heteroatoms. The molecule has 0 radical (unpaired) electrons. The van der Waals surface area contributed by atoms with Crippen LogP contribution in [-0.4, -0.2) is 18.7 Å². The van der Waals surface area contributed by atoms with Gasteiger partial charge in [-0.1, -0.05) is 38.4 Å². The molecule has 0 bridgehead atoms. The molecule has 21 heavy (non-hydrogen) atoms. The van der Waals surface area contributed by atoms with E-state index < -0.39 is 0 Å². The van der Waals surface area contributed by atoms with Crippen molar-refractivity contribution in [2.24, 2.45) is 11.8 Å². The number of aryl methyl sites for hydroxylation is 1. The lowest BCUT2D eigenvalue weighted by Crippen LogP contribution is -2.51. The molecule has 1 aliphatic rings. The van der Waals surface area contributed by atoms with Crippen molar-refractivity contribution in [3.8, 4) is 5.75 Å². The van der Waals surface area contributed by atoms with Gasteiger partial charge >= 0.3 is 0 Å². The van der Waals surface area contributed by atoms with E-state index in [0.717, 1.165) is 35.2 Å². The lowest BCUT2D eigenvalue weighted by atomic mass is 9.78. The van der Waals surface area contributed by atoms with E-state index in [-0.39, 0.29) is 6.10 Å². The van der Waals surface area contributed by atoms with E-state index in [1.54, 1.807) is 0 Å². The average Bonchev–Trinajstić information content (AvgIpc) is 2.43. The Morgan fingerprint density at radius 2 is 2.05 bits per heavy atom. The second kappa shape index (κ2) is 7.51. The molecular formula is C18H28ClNO. The van der Waals surface area contributed by atoms with Crippen molar-refractivity contribution in [2.45, 2.75) is 59.1 Å². The average molecular weight is 310 g/mol. The second-order valence-corrected chi connectivity index (χ2v) is 7.04. The normalized spacial score (nSPS) is 29.4. The van der Waals surface area contributed by atoms with Gasteiger partial charge in [0.1, 0.15) is 11.9 Å². The van der Waals surface area contributed by atoms with Crippen LogP contribution in [0.3, 0.4) is 0 Å². The summed E-state index contributed by atoms with van der Waals surface area (Å²) in [5.74, 6) is 2.24. The zero-order valence-corrected chi connectivity index (χ0v) is 14.4. The van der Waals surface area contributed by atoms with Crippen molar-refractivity contribution in [1.29, 1.82) is 0 Å². The molecule has 0 heterocycles. The van der Waals surface area contributed by atoms with Gasteiger partial charge in [-0.2, -0.15) is 0 Å². The van der Waals surface area contributed by atoms with Gasteiger partial charge in [-0.25, -0.2) is 0 Å². The Morgan fingerprint density at radius 1 is 1.29 bits per heavy atom. The van der Waals surface area contributed by atoms with Crippen LogP contribution in [0.15, 0.2) is 18.2 Å². The Morgan fingerprint density at radius 3 is 2.76 bits per heavy atom. The molecule has 1 aromatic rings.